The largest absolute Gasteiger partial charge is 0.390 e. The van der Waals surface area contributed by atoms with Crippen LogP contribution in [0.1, 0.15) is 32.9 Å². The first-order valence-electron chi connectivity index (χ1n) is 7.86. The van der Waals surface area contributed by atoms with Gasteiger partial charge in [-0.25, -0.2) is 4.98 Å². The Morgan fingerprint density at radius 2 is 2.00 bits per heavy atom. The molecular formula is C18H24N2O. The second-order valence-electron chi connectivity index (χ2n) is 6.53. The van der Waals surface area contributed by atoms with Crippen LogP contribution < -0.4 is 4.90 Å². The van der Waals surface area contributed by atoms with Crippen LogP contribution in [0.5, 0.6) is 0 Å². The van der Waals surface area contributed by atoms with Gasteiger partial charge in [0, 0.05) is 18.0 Å². The maximum Gasteiger partial charge on any atom is 0.137 e. The van der Waals surface area contributed by atoms with E-state index in [0.717, 1.165) is 23.4 Å². The van der Waals surface area contributed by atoms with E-state index >= 15 is 0 Å². The lowest BCUT2D eigenvalue weighted by Crippen LogP contribution is -2.46. The van der Waals surface area contributed by atoms with Crippen LogP contribution in [0.2, 0.25) is 0 Å². The minimum Gasteiger partial charge on any atom is -0.390 e. The molecule has 3 unspecified atom stereocenters. The van der Waals surface area contributed by atoms with Gasteiger partial charge in [-0.2, -0.15) is 0 Å². The van der Waals surface area contributed by atoms with Gasteiger partial charge >= 0.3 is 0 Å². The molecule has 1 fully saturated rings. The maximum atomic E-state index is 9.51. The average molecular weight is 284 g/mol. The van der Waals surface area contributed by atoms with Gasteiger partial charge in [-0.3, -0.25) is 0 Å². The smallest absolute Gasteiger partial charge is 0.137 e. The normalized spacial score (nSPS) is 26.3. The van der Waals surface area contributed by atoms with Crippen LogP contribution in [0.15, 0.2) is 30.3 Å². The minimum absolute atomic E-state index is 0.00877. The van der Waals surface area contributed by atoms with Crippen molar-refractivity contribution in [2.75, 3.05) is 11.4 Å². The third-order valence-corrected chi connectivity index (χ3v) is 4.81. The highest BCUT2D eigenvalue weighted by atomic mass is 16.3. The van der Waals surface area contributed by atoms with Crippen LogP contribution in [0.3, 0.4) is 0 Å². The fraction of sp³-hybridized carbons (Fsp3) is 0.500. The molecule has 1 aromatic carbocycles. The highest BCUT2D eigenvalue weighted by molar-refractivity contribution is 5.92. The van der Waals surface area contributed by atoms with Crippen molar-refractivity contribution in [3.05, 3.63) is 36.0 Å². The zero-order valence-corrected chi connectivity index (χ0v) is 13.1. The van der Waals surface area contributed by atoms with Crippen molar-refractivity contribution < 1.29 is 5.11 Å². The summed E-state index contributed by atoms with van der Waals surface area (Å²) < 4.78 is 0. The summed E-state index contributed by atoms with van der Waals surface area (Å²) >= 11 is 0. The number of fused-ring (bicyclic) bond motifs is 1. The Hall–Kier alpha value is -1.61. The molecule has 2 heterocycles. The van der Waals surface area contributed by atoms with Crippen molar-refractivity contribution in [1.82, 2.24) is 4.98 Å². The molecule has 0 bridgehead atoms. The molecule has 3 rings (SSSR count). The van der Waals surface area contributed by atoms with E-state index in [-0.39, 0.29) is 6.61 Å². The van der Waals surface area contributed by atoms with Crippen molar-refractivity contribution in [2.24, 2.45) is 11.8 Å². The molecule has 0 saturated carbocycles. The maximum absolute atomic E-state index is 9.51. The molecule has 1 saturated heterocycles. The van der Waals surface area contributed by atoms with E-state index in [9.17, 15) is 5.11 Å². The van der Waals surface area contributed by atoms with Crippen LogP contribution in [-0.4, -0.2) is 22.7 Å². The molecule has 2 aromatic rings. The zero-order valence-electron chi connectivity index (χ0n) is 13.1. The lowest BCUT2D eigenvalue weighted by Gasteiger charge is -2.42. The Kier molecular flexibility index (Phi) is 3.85. The van der Waals surface area contributed by atoms with Gasteiger partial charge < -0.3 is 10.0 Å². The van der Waals surface area contributed by atoms with Crippen molar-refractivity contribution in [2.45, 2.75) is 39.8 Å². The van der Waals surface area contributed by atoms with E-state index in [1.165, 1.54) is 11.8 Å². The van der Waals surface area contributed by atoms with Gasteiger partial charge in [0.1, 0.15) is 5.82 Å². The lowest BCUT2D eigenvalue weighted by molar-refractivity contribution is 0.275. The van der Waals surface area contributed by atoms with Gasteiger partial charge in [0.25, 0.3) is 0 Å². The molecule has 3 heteroatoms. The first-order chi connectivity index (χ1) is 10.1. The molecular weight excluding hydrogens is 260 g/mol. The summed E-state index contributed by atoms with van der Waals surface area (Å²) in [5.41, 5.74) is 0.752. The number of benzene rings is 1. The summed E-state index contributed by atoms with van der Waals surface area (Å²) in [5, 5.41) is 11.8. The molecule has 0 radical (unpaired) electrons. The van der Waals surface area contributed by atoms with E-state index in [1.54, 1.807) is 0 Å². The van der Waals surface area contributed by atoms with E-state index < -0.39 is 0 Å². The predicted molar refractivity (Wildman–Crippen MR) is 87.4 cm³/mol. The number of pyridine rings is 1. The third-order valence-electron chi connectivity index (χ3n) is 4.81. The Labute approximate surface area is 126 Å². The van der Waals surface area contributed by atoms with Crippen molar-refractivity contribution in [3.63, 3.8) is 0 Å². The van der Waals surface area contributed by atoms with Crippen LogP contribution in [-0.2, 0) is 6.61 Å². The number of rotatable bonds is 2. The molecule has 21 heavy (non-hydrogen) atoms. The van der Waals surface area contributed by atoms with Crippen LogP contribution in [0.25, 0.3) is 10.8 Å². The SMILES string of the molecule is CC1CC(C)C(C)N(c2nc(CO)cc3ccccc23)C1. The predicted octanol–water partition coefficient (Wildman–Crippen LogP) is 3.60. The summed E-state index contributed by atoms with van der Waals surface area (Å²) in [5.74, 6) is 2.37. The molecule has 3 atom stereocenters. The van der Waals surface area contributed by atoms with Crippen LogP contribution >= 0.6 is 0 Å². The average Bonchev–Trinajstić information content (AvgIpc) is 2.49. The molecule has 0 amide bonds. The molecule has 112 valence electrons. The molecule has 1 aliphatic rings. The number of hydrogen-bond donors (Lipinski definition) is 1. The Morgan fingerprint density at radius 1 is 1.24 bits per heavy atom. The quantitative estimate of drug-likeness (QED) is 0.915. The molecule has 1 aliphatic heterocycles. The number of nitrogens with zero attached hydrogens (tertiary/aromatic N) is 2. The summed E-state index contributed by atoms with van der Waals surface area (Å²) in [6, 6.07) is 10.8. The van der Waals surface area contributed by atoms with Gasteiger partial charge in [0.2, 0.25) is 0 Å². The number of aromatic nitrogens is 1. The summed E-state index contributed by atoms with van der Waals surface area (Å²) in [7, 11) is 0. The highest BCUT2D eigenvalue weighted by Crippen LogP contribution is 2.34. The second-order valence-corrected chi connectivity index (χ2v) is 6.53. The number of piperidine rings is 1. The standard InChI is InChI=1S/C18H24N2O/c1-12-8-13(2)14(3)20(10-12)18-17-7-5-4-6-15(17)9-16(11-21)19-18/h4-7,9,12-14,21H,8,10-11H2,1-3H3. The monoisotopic (exact) mass is 284 g/mol. The van der Waals surface area contributed by atoms with Crippen LogP contribution in [0.4, 0.5) is 5.82 Å². The first kappa shape index (κ1) is 14.3. The van der Waals surface area contributed by atoms with E-state index in [0.29, 0.717) is 17.9 Å². The molecule has 0 spiro atoms. The van der Waals surface area contributed by atoms with E-state index in [4.69, 9.17) is 4.98 Å². The first-order valence-corrected chi connectivity index (χ1v) is 7.86. The number of anilines is 1. The Morgan fingerprint density at radius 3 is 2.76 bits per heavy atom. The van der Waals surface area contributed by atoms with Gasteiger partial charge in [-0.1, -0.05) is 38.1 Å². The molecule has 3 nitrogen and oxygen atoms in total. The Balaban J connectivity index is 2.13. The Bertz CT molecular complexity index is 640. The van der Waals surface area contributed by atoms with Crippen LogP contribution in [0, 0.1) is 11.8 Å². The molecule has 1 aromatic heterocycles. The second kappa shape index (κ2) is 5.64. The topological polar surface area (TPSA) is 36.4 Å². The van der Waals surface area contributed by atoms with Gasteiger partial charge in [-0.15, -0.1) is 0 Å². The summed E-state index contributed by atoms with van der Waals surface area (Å²) in [4.78, 5) is 7.17. The van der Waals surface area contributed by atoms with E-state index in [2.05, 4.69) is 43.9 Å². The number of hydrogen-bond acceptors (Lipinski definition) is 3. The van der Waals surface area contributed by atoms with Crippen molar-refractivity contribution in [1.29, 1.82) is 0 Å². The van der Waals surface area contributed by atoms with E-state index in [1.807, 2.05) is 12.1 Å². The number of aliphatic hydroxyl groups is 1. The zero-order chi connectivity index (χ0) is 15.0. The summed E-state index contributed by atoms with van der Waals surface area (Å²) in [6.07, 6.45) is 1.27. The van der Waals surface area contributed by atoms with Crippen molar-refractivity contribution in [3.8, 4) is 0 Å². The third kappa shape index (κ3) is 2.62. The van der Waals surface area contributed by atoms with Gasteiger partial charge in [0.05, 0.1) is 12.3 Å². The van der Waals surface area contributed by atoms with Crippen molar-refractivity contribution >= 4 is 16.6 Å². The summed E-state index contributed by atoms with van der Waals surface area (Å²) in [6.45, 7) is 7.96. The number of aliphatic hydroxyl groups excluding tert-OH is 1. The highest BCUT2D eigenvalue weighted by Gasteiger charge is 2.30. The fourth-order valence-corrected chi connectivity index (χ4v) is 3.53. The minimum atomic E-state index is -0.00877. The molecule has 1 N–H and O–H groups in total. The fourth-order valence-electron chi connectivity index (χ4n) is 3.53. The van der Waals surface area contributed by atoms with Gasteiger partial charge in [-0.05, 0) is 36.6 Å². The lowest BCUT2D eigenvalue weighted by atomic mass is 9.86. The van der Waals surface area contributed by atoms with Gasteiger partial charge in [0.15, 0.2) is 0 Å². The molecule has 0 aliphatic carbocycles.